The van der Waals surface area contributed by atoms with E-state index in [1.165, 1.54) is 13.2 Å². The highest BCUT2D eigenvalue weighted by Crippen LogP contribution is 2.30. The molecule has 29 heavy (non-hydrogen) atoms. The van der Waals surface area contributed by atoms with Gasteiger partial charge in [0, 0.05) is 17.7 Å². The summed E-state index contributed by atoms with van der Waals surface area (Å²) >= 11 is 0. The molecule has 0 atom stereocenters. The van der Waals surface area contributed by atoms with Crippen molar-refractivity contribution in [2.75, 3.05) is 13.7 Å². The average molecular weight is 400 g/mol. The number of nitro benzene ring substituents is 1. The summed E-state index contributed by atoms with van der Waals surface area (Å²) in [6.07, 6.45) is 1.34. The average Bonchev–Trinajstić information content (AvgIpc) is 2.70. The molecule has 0 aliphatic heterocycles. The summed E-state index contributed by atoms with van der Waals surface area (Å²) < 4.78 is 29.0. The lowest BCUT2D eigenvalue weighted by Crippen LogP contribution is -2.06. The molecule has 0 heterocycles. The molecule has 0 saturated heterocycles. The monoisotopic (exact) mass is 400 g/mol. The minimum absolute atomic E-state index is 0.131. The fourth-order valence-corrected chi connectivity index (χ4v) is 2.42. The molecule has 0 fully saturated rings. The lowest BCUT2D eigenvalue weighted by atomic mass is 10.1. The topological polar surface area (TPSA) is 112 Å². The van der Waals surface area contributed by atoms with Crippen molar-refractivity contribution in [1.29, 1.82) is 5.26 Å². The van der Waals surface area contributed by atoms with Crippen LogP contribution in [0, 0.1) is 27.3 Å². The maximum Gasteiger partial charge on any atom is 0.348 e. The molecule has 0 amide bonds. The molecular formula is C20H17FN2O6. The first-order chi connectivity index (χ1) is 13.9. The van der Waals surface area contributed by atoms with Crippen LogP contribution in [0.25, 0.3) is 6.08 Å². The van der Waals surface area contributed by atoms with Crippen LogP contribution in [-0.4, -0.2) is 24.6 Å². The Morgan fingerprint density at radius 2 is 2.03 bits per heavy atom. The summed E-state index contributed by atoms with van der Waals surface area (Å²) in [4.78, 5) is 22.2. The third kappa shape index (κ3) is 5.52. The maximum absolute atomic E-state index is 13.5. The van der Waals surface area contributed by atoms with Gasteiger partial charge in [-0.3, -0.25) is 10.1 Å². The number of halogens is 1. The van der Waals surface area contributed by atoms with Crippen LogP contribution in [0.4, 0.5) is 10.1 Å². The Morgan fingerprint density at radius 1 is 1.28 bits per heavy atom. The van der Waals surface area contributed by atoms with Crippen LogP contribution in [0.5, 0.6) is 11.5 Å². The number of methoxy groups -OCH3 is 1. The van der Waals surface area contributed by atoms with Crippen molar-refractivity contribution >= 4 is 17.7 Å². The fourth-order valence-electron chi connectivity index (χ4n) is 2.42. The normalized spacial score (nSPS) is 10.8. The van der Waals surface area contributed by atoms with E-state index in [9.17, 15) is 19.3 Å². The lowest BCUT2D eigenvalue weighted by Gasteiger charge is -2.12. The minimum atomic E-state index is -0.751. The quantitative estimate of drug-likeness (QED) is 0.218. The summed E-state index contributed by atoms with van der Waals surface area (Å²) in [6.45, 7) is 1.59. The number of carbonyl (C=O) groups is 1. The Hall–Kier alpha value is -3.93. The number of hydrogen-bond donors (Lipinski definition) is 0. The van der Waals surface area contributed by atoms with Crippen molar-refractivity contribution in [2.24, 2.45) is 0 Å². The van der Waals surface area contributed by atoms with Crippen LogP contribution < -0.4 is 9.47 Å². The zero-order valence-corrected chi connectivity index (χ0v) is 15.7. The molecule has 0 radical (unpaired) electrons. The van der Waals surface area contributed by atoms with Crippen molar-refractivity contribution in [2.45, 2.75) is 13.5 Å². The predicted octanol–water partition coefficient (Wildman–Crippen LogP) is 3.79. The molecule has 150 valence electrons. The van der Waals surface area contributed by atoms with Gasteiger partial charge in [-0.25, -0.2) is 9.18 Å². The Labute approximate surface area is 165 Å². The molecule has 0 aliphatic carbocycles. The lowest BCUT2D eigenvalue weighted by molar-refractivity contribution is -0.386. The molecule has 2 aromatic rings. The zero-order chi connectivity index (χ0) is 21.4. The second-order valence-corrected chi connectivity index (χ2v) is 5.62. The maximum atomic E-state index is 13.5. The molecule has 0 spiro atoms. The number of esters is 1. The summed E-state index contributed by atoms with van der Waals surface area (Å²) in [7, 11) is 1.43. The van der Waals surface area contributed by atoms with Gasteiger partial charge in [-0.15, -0.1) is 0 Å². The molecular weight excluding hydrogens is 383 g/mol. The van der Waals surface area contributed by atoms with E-state index in [-0.39, 0.29) is 30.2 Å². The summed E-state index contributed by atoms with van der Waals surface area (Å²) in [6, 6.07) is 9.46. The van der Waals surface area contributed by atoms with Gasteiger partial charge < -0.3 is 14.2 Å². The predicted molar refractivity (Wildman–Crippen MR) is 101 cm³/mol. The molecule has 0 aromatic heterocycles. The van der Waals surface area contributed by atoms with Gasteiger partial charge >= 0.3 is 11.7 Å². The Balaban J connectivity index is 2.33. The van der Waals surface area contributed by atoms with Crippen LogP contribution in [-0.2, 0) is 16.1 Å². The third-order valence-corrected chi connectivity index (χ3v) is 3.73. The van der Waals surface area contributed by atoms with Crippen molar-refractivity contribution in [3.05, 3.63) is 69.0 Å². The van der Waals surface area contributed by atoms with E-state index in [1.807, 2.05) is 0 Å². The SMILES string of the molecule is CCOC(=O)/C(C#N)=C/c1ccc(OC)c(COc2cc(F)ccc2[N+](=O)[O-])c1. The second kappa shape index (κ2) is 9.85. The van der Waals surface area contributed by atoms with Crippen LogP contribution in [0.1, 0.15) is 18.1 Å². The summed E-state index contributed by atoms with van der Waals surface area (Å²) in [5.74, 6) is -1.25. The number of nitrogens with zero attached hydrogens (tertiary/aromatic N) is 2. The van der Waals surface area contributed by atoms with Crippen LogP contribution in [0.15, 0.2) is 42.0 Å². The van der Waals surface area contributed by atoms with Crippen LogP contribution in [0.2, 0.25) is 0 Å². The van der Waals surface area contributed by atoms with E-state index in [2.05, 4.69) is 0 Å². The molecule has 8 nitrogen and oxygen atoms in total. The number of benzene rings is 2. The number of rotatable bonds is 8. The molecule has 0 unspecified atom stereocenters. The Kier molecular flexibility index (Phi) is 7.26. The molecule has 2 rings (SSSR count). The van der Waals surface area contributed by atoms with Crippen molar-refractivity contribution in [1.82, 2.24) is 0 Å². The van der Waals surface area contributed by atoms with Crippen molar-refractivity contribution in [3.63, 3.8) is 0 Å². The molecule has 9 heteroatoms. The number of hydrogen-bond acceptors (Lipinski definition) is 7. The molecule has 0 N–H and O–H groups in total. The van der Waals surface area contributed by atoms with E-state index in [0.717, 1.165) is 18.2 Å². The van der Waals surface area contributed by atoms with Crippen LogP contribution in [0.3, 0.4) is 0 Å². The van der Waals surface area contributed by atoms with Gasteiger partial charge in [0.15, 0.2) is 5.75 Å². The van der Waals surface area contributed by atoms with E-state index in [4.69, 9.17) is 19.5 Å². The third-order valence-electron chi connectivity index (χ3n) is 3.73. The second-order valence-electron chi connectivity index (χ2n) is 5.62. The highest BCUT2D eigenvalue weighted by molar-refractivity contribution is 5.97. The van der Waals surface area contributed by atoms with Gasteiger partial charge in [-0.05, 0) is 36.8 Å². The highest BCUT2D eigenvalue weighted by Gasteiger charge is 2.17. The van der Waals surface area contributed by atoms with Gasteiger partial charge in [0.2, 0.25) is 0 Å². The Bertz CT molecular complexity index is 997. The molecule has 0 aliphatic rings. The van der Waals surface area contributed by atoms with E-state index in [1.54, 1.807) is 31.2 Å². The van der Waals surface area contributed by atoms with Gasteiger partial charge in [-0.2, -0.15) is 5.26 Å². The molecule has 0 saturated carbocycles. The van der Waals surface area contributed by atoms with Crippen molar-refractivity contribution in [3.8, 4) is 17.6 Å². The number of ether oxygens (including phenoxy) is 3. The number of nitro groups is 1. The largest absolute Gasteiger partial charge is 0.496 e. The fraction of sp³-hybridized carbons (Fsp3) is 0.200. The van der Waals surface area contributed by atoms with E-state index in [0.29, 0.717) is 16.9 Å². The Morgan fingerprint density at radius 3 is 2.66 bits per heavy atom. The summed E-state index contributed by atoms with van der Waals surface area (Å²) in [5, 5.41) is 20.2. The molecule has 2 aromatic carbocycles. The van der Waals surface area contributed by atoms with Gasteiger partial charge in [0.05, 0.1) is 18.6 Å². The smallest absolute Gasteiger partial charge is 0.348 e. The van der Waals surface area contributed by atoms with Crippen LogP contribution >= 0.6 is 0 Å². The standard InChI is InChI=1S/C20H17FN2O6/c1-3-28-20(24)14(11-22)8-13-4-7-18(27-2)15(9-13)12-29-19-10-16(21)5-6-17(19)23(25)26/h4-10H,3,12H2,1-2H3/b14-8+. The minimum Gasteiger partial charge on any atom is -0.496 e. The first kappa shape index (κ1) is 21.4. The van der Waals surface area contributed by atoms with Gasteiger partial charge in [-0.1, -0.05) is 6.07 Å². The van der Waals surface area contributed by atoms with E-state index >= 15 is 0 Å². The number of nitriles is 1. The van der Waals surface area contributed by atoms with Crippen molar-refractivity contribution < 1.29 is 28.3 Å². The summed E-state index contributed by atoms with van der Waals surface area (Å²) in [5.41, 5.74) is 0.392. The molecule has 0 bridgehead atoms. The first-order valence-electron chi connectivity index (χ1n) is 8.42. The van der Waals surface area contributed by atoms with E-state index < -0.39 is 16.7 Å². The zero-order valence-electron chi connectivity index (χ0n) is 15.7. The number of carbonyl (C=O) groups excluding carboxylic acids is 1. The van der Waals surface area contributed by atoms with Gasteiger partial charge in [0.1, 0.15) is 29.8 Å². The first-order valence-corrected chi connectivity index (χ1v) is 8.42. The van der Waals surface area contributed by atoms with Gasteiger partial charge in [0.25, 0.3) is 0 Å². The highest BCUT2D eigenvalue weighted by atomic mass is 19.1.